The summed E-state index contributed by atoms with van der Waals surface area (Å²) in [6, 6.07) is 0.0185. The Morgan fingerprint density at radius 1 is 1.75 bits per heavy atom. The van der Waals surface area contributed by atoms with Crippen LogP contribution in [0.25, 0.3) is 0 Å². The molecule has 0 fully saturated rings. The first kappa shape index (κ1) is 7.50. The van der Waals surface area contributed by atoms with Gasteiger partial charge in [0.2, 0.25) is 0 Å². The van der Waals surface area contributed by atoms with Crippen molar-refractivity contribution in [3.05, 3.63) is 11.8 Å². The second kappa shape index (κ2) is 3.50. The maximum Gasteiger partial charge on any atom is 0.108 e. The number of methoxy groups -OCH3 is 1. The van der Waals surface area contributed by atoms with Crippen LogP contribution in [0.1, 0.15) is 13.8 Å². The largest absolute Gasteiger partial charge is 0.500 e. The molecule has 48 valence electrons. The van der Waals surface area contributed by atoms with Crippen LogP contribution in [0.5, 0.6) is 0 Å². The molecular formula is C6H13NO. The first-order valence-corrected chi connectivity index (χ1v) is 2.68. The van der Waals surface area contributed by atoms with Gasteiger partial charge in [-0.25, -0.2) is 0 Å². The number of hydrogen-bond acceptors (Lipinski definition) is 2. The van der Waals surface area contributed by atoms with Gasteiger partial charge in [0, 0.05) is 0 Å². The minimum atomic E-state index is 0.0185. The van der Waals surface area contributed by atoms with Crippen LogP contribution in [0.4, 0.5) is 0 Å². The van der Waals surface area contributed by atoms with Crippen LogP contribution >= 0.6 is 0 Å². The quantitative estimate of drug-likeness (QED) is 0.542. The van der Waals surface area contributed by atoms with E-state index in [2.05, 4.69) is 0 Å². The molecule has 1 atom stereocenters. The summed E-state index contributed by atoms with van der Waals surface area (Å²) in [5.74, 6) is 0.838. The van der Waals surface area contributed by atoms with Crippen LogP contribution in [-0.4, -0.2) is 13.2 Å². The standard InChI is InChI=1S/C6H13NO/c1-4-6(8-3)5(2)7/h4-5H,7H2,1-3H3/b6-4-. The van der Waals surface area contributed by atoms with Crippen molar-refractivity contribution in [2.45, 2.75) is 19.9 Å². The summed E-state index contributed by atoms with van der Waals surface area (Å²) >= 11 is 0. The highest BCUT2D eigenvalue weighted by Crippen LogP contribution is 1.97. The zero-order valence-electron chi connectivity index (χ0n) is 5.64. The Kier molecular flexibility index (Phi) is 3.28. The molecule has 0 heterocycles. The van der Waals surface area contributed by atoms with Crippen LogP contribution in [0.3, 0.4) is 0 Å². The molecule has 2 N–H and O–H groups in total. The summed E-state index contributed by atoms with van der Waals surface area (Å²) in [6.07, 6.45) is 1.87. The lowest BCUT2D eigenvalue weighted by Crippen LogP contribution is -2.18. The van der Waals surface area contributed by atoms with E-state index < -0.39 is 0 Å². The lowest BCUT2D eigenvalue weighted by atomic mass is 10.3. The third-order valence-corrected chi connectivity index (χ3v) is 0.969. The van der Waals surface area contributed by atoms with E-state index in [4.69, 9.17) is 10.5 Å². The van der Waals surface area contributed by atoms with E-state index in [1.54, 1.807) is 7.11 Å². The molecule has 1 unspecified atom stereocenters. The van der Waals surface area contributed by atoms with Crippen LogP contribution in [-0.2, 0) is 4.74 Å². The molecule has 0 radical (unpaired) electrons. The minimum absolute atomic E-state index is 0.0185. The van der Waals surface area contributed by atoms with Crippen LogP contribution in [0.2, 0.25) is 0 Å². The molecule has 0 aromatic rings. The highest BCUT2D eigenvalue weighted by Gasteiger charge is 1.97. The van der Waals surface area contributed by atoms with Crippen LogP contribution < -0.4 is 5.73 Å². The molecule has 0 saturated heterocycles. The number of nitrogens with two attached hydrogens (primary N) is 1. The van der Waals surface area contributed by atoms with Gasteiger partial charge in [0.05, 0.1) is 13.2 Å². The van der Waals surface area contributed by atoms with Gasteiger partial charge >= 0.3 is 0 Å². The highest BCUT2D eigenvalue weighted by atomic mass is 16.5. The van der Waals surface area contributed by atoms with Gasteiger partial charge in [0.15, 0.2) is 0 Å². The van der Waals surface area contributed by atoms with Crippen molar-refractivity contribution in [1.29, 1.82) is 0 Å². The van der Waals surface area contributed by atoms with Gasteiger partial charge in [-0.3, -0.25) is 0 Å². The van der Waals surface area contributed by atoms with Crippen molar-refractivity contribution in [2.75, 3.05) is 7.11 Å². The van der Waals surface area contributed by atoms with E-state index in [1.807, 2.05) is 19.9 Å². The van der Waals surface area contributed by atoms with Gasteiger partial charge in [0.25, 0.3) is 0 Å². The van der Waals surface area contributed by atoms with Gasteiger partial charge in [0.1, 0.15) is 5.76 Å². The molecule has 0 bridgehead atoms. The van der Waals surface area contributed by atoms with Crippen molar-refractivity contribution in [3.63, 3.8) is 0 Å². The third kappa shape index (κ3) is 1.98. The first-order chi connectivity index (χ1) is 3.72. The summed E-state index contributed by atoms with van der Waals surface area (Å²) in [5.41, 5.74) is 5.46. The molecule has 0 saturated carbocycles. The SMILES string of the molecule is C/C=C(\OC)C(C)N. The van der Waals surface area contributed by atoms with E-state index in [1.165, 1.54) is 0 Å². The molecule has 0 aromatic heterocycles. The van der Waals surface area contributed by atoms with Gasteiger partial charge in [-0.1, -0.05) is 0 Å². The fraction of sp³-hybridized carbons (Fsp3) is 0.667. The fourth-order valence-corrected chi connectivity index (χ4v) is 0.567. The Morgan fingerprint density at radius 2 is 2.25 bits per heavy atom. The molecular weight excluding hydrogens is 102 g/mol. The van der Waals surface area contributed by atoms with E-state index in [0.717, 1.165) is 5.76 Å². The first-order valence-electron chi connectivity index (χ1n) is 2.68. The predicted octanol–water partition coefficient (Wildman–Crippen LogP) is 0.884. The zero-order valence-corrected chi connectivity index (χ0v) is 5.64. The lowest BCUT2D eigenvalue weighted by Gasteiger charge is -2.07. The Balaban J connectivity index is 3.72. The van der Waals surface area contributed by atoms with Gasteiger partial charge in [-0.05, 0) is 19.9 Å². The van der Waals surface area contributed by atoms with E-state index >= 15 is 0 Å². The molecule has 0 aliphatic rings. The van der Waals surface area contributed by atoms with Gasteiger partial charge in [-0.15, -0.1) is 0 Å². The highest BCUT2D eigenvalue weighted by molar-refractivity contribution is 4.97. The second-order valence-corrected chi connectivity index (χ2v) is 1.68. The predicted molar refractivity (Wildman–Crippen MR) is 34.4 cm³/mol. The minimum Gasteiger partial charge on any atom is -0.500 e. The average molecular weight is 115 g/mol. The van der Waals surface area contributed by atoms with Crippen LogP contribution in [0.15, 0.2) is 11.8 Å². The van der Waals surface area contributed by atoms with Crippen molar-refractivity contribution in [2.24, 2.45) is 5.73 Å². The molecule has 0 aromatic carbocycles. The molecule has 0 spiro atoms. The summed E-state index contributed by atoms with van der Waals surface area (Å²) in [7, 11) is 1.62. The Morgan fingerprint density at radius 3 is 2.25 bits per heavy atom. The fourth-order valence-electron chi connectivity index (χ4n) is 0.567. The van der Waals surface area contributed by atoms with E-state index in [0.29, 0.717) is 0 Å². The topological polar surface area (TPSA) is 35.2 Å². The zero-order chi connectivity index (χ0) is 6.57. The summed E-state index contributed by atoms with van der Waals surface area (Å²) < 4.78 is 4.90. The number of allylic oxidation sites excluding steroid dienone is 1. The number of ether oxygens (including phenoxy) is 1. The number of rotatable bonds is 2. The molecule has 0 rings (SSSR count). The van der Waals surface area contributed by atoms with Crippen molar-refractivity contribution in [3.8, 4) is 0 Å². The molecule has 2 heteroatoms. The van der Waals surface area contributed by atoms with Crippen molar-refractivity contribution >= 4 is 0 Å². The number of hydrogen-bond donors (Lipinski definition) is 1. The van der Waals surface area contributed by atoms with Gasteiger partial charge < -0.3 is 10.5 Å². The Hall–Kier alpha value is -0.500. The molecule has 8 heavy (non-hydrogen) atoms. The normalized spacial score (nSPS) is 15.8. The van der Waals surface area contributed by atoms with E-state index in [9.17, 15) is 0 Å². The average Bonchev–Trinajstić information content (AvgIpc) is 1.69. The Labute approximate surface area is 50.3 Å². The van der Waals surface area contributed by atoms with Crippen molar-refractivity contribution in [1.82, 2.24) is 0 Å². The van der Waals surface area contributed by atoms with Gasteiger partial charge in [-0.2, -0.15) is 0 Å². The molecule has 0 aliphatic carbocycles. The Bertz CT molecular complexity index is 86.5. The lowest BCUT2D eigenvalue weighted by molar-refractivity contribution is 0.268. The maximum atomic E-state index is 5.46. The van der Waals surface area contributed by atoms with Crippen molar-refractivity contribution < 1.29 is 4.74 Å². The third-order valence-electron chi connectivity index (χ3n) is 0.969. The summed E-state index contributed by atoms with van der Waals surface area (Å²) in [6.45, 7) is 3.79. The summed E-state index contributed by atoms with van der Waals surface area (Å²) in [4.78, 5) is 0. The maximum absolute atomic E-state index is 5.46. The smallest absolute Gasteiger partial charge is 0.108 e. The van der Waals surface area contributed by atoms with Crippen LogP contribution in [0, 0.1) is 0 Å². The monoisotopic (exact) mass is 115 g/mol. The summed E-state index contributed by atoms with van der Waals surface area (Å²) in [5, 5.41) is 0. The van der Waals surface area contributed by atoms with E-state index in [-0.39, 0.29) is 6.04 Å². The molecule has 0 aliphatic heterocycles. The molecule has 0 amide bonds. The second-order valence-electron chi connectivity index (χ2n) is 1.68. The molecule has 2 nitrogen and oxygen atoms in total.